The molecule has 7 nitrogen and oxygen atoms in total. The van der Waals surface area contributed by atoms with Crippen molar-refractivity contribution in [2.24, 2.45) is 0 Å². The van der Waals surface area contributed by atoms with Gasteiger partial charge in [0.2, 0.25) is 0 Å². The van der Waals surface area contributed by atoms with E-state index in [9.17, 15) is 4.79 Å². The number of hydrogen-bond acceptors (Lipinski definition) is 6. The summed E-state index contributed by atoms with van der Waals surface area (Å²) >= 11 is 1.49. The van der Waals surface area contributed by atoms with E-state index in [1.54, 1.807) is 18.3 Å². The number of hydrogen-bond donors (Lipinski definition) is 1. The molecule has 0 aromatic carbocycles. The molecule has 0 radical (unpaired) electrons. The maximum Gasteiger partial charge on any atom is 0.350 e. The molecule has 0 saturated heterocycles. The fraction of sp³-hybridized carbons (Fsp3) is 0.0769. The summed E-state index contributed by atoms with van der Waals surface area (Å²) < 4.78 is 2.82. The quantitative estimate of drug-likeness (QED) is 0.599. The van der Waals surface area contributed by atoms with E-state index in [1.807, 2.05) is 17.5 Å². The molecule has 0 aliphatic carbocycles. The van der Waals surface area contributed by atoms with Crippen LogP contribution in [-0.2, 0) is 6.54 Å². The predicted octanol–water partition coefficient (Wildman–Crippen LogP) is 1.13. The van der Waals surface area contributed by atoms with Crippen molar-refractivity contribution in [3.8, 4) is 0 Å². The molecule has 21 heavy (non-hydrogen) atoms. The van der Waals surface area contributed by atoms with Gasteiger partial charge in [0.25, 0.3) is 0 Å². The van der Waals surface area contributed by atoms with Crippen molar-refractivity contribution in [2.75, 3.05) is 5.73 Å². The maximum absolute atomic E-state index is 12.2. The molecule has 8 heteroatoms. The second kappa shape index (κ2) is 4.38. The van der Waals surface area contributed by atoms with E-state index in [1.165, 1.54) is 20.4 Å². The van der Waals surface area contributed by atoms with Crippen LogP contribution < -0.4 is 11.4 Å². The third-order valence-corrected chi connectivity index (χ3v) is 3.99. The standard InChI is InChI=1S/C13H10N6OS/c14-11-8-4-6-21-12(8)16-9(15-11)7-19-13(20)18-5-2-1-3-10(18)17-19/h1-6H,7H2,(H2,14,15,16). The Morgan fingerprint density at radius 1 is 1.24 bits per heavy atom. The van der Waals surface area contributed by atoms with Gasteiger partial charge in [0.15, 0.2) is 11.5 Å². The lowest BCUT2D eigenvalue weighted by Crippen LogP contribution is -2.22. The van der Waals surface area contributed by atoms with Crippen LogP contribution in [0.5, 0.6) is 0 Å². The molecular weight excluding hydrogens is 288 g/mol. The number of pyridine rings is 1. The number of anilines is 1. The normalized spacial score (nSPS) is 11.4. The van der Waals surface area contributed by atoms with Gasteiger partial charge in [-0.15, -0.1) is 16.4 Å². The van der Waals surface area contributed by atoms with Crippen LogP contribution in [0.1, 0.15) is 5.82 Å². The van der Waals surface area contributed by atoms with Crippen molar-refractivity contribution in [3.63, 3.8) is 0 Å². The average molecular weight is 298 g/mol. The van der Waals surface area contributed by atoms with E-state index in [-0.39, 0.29) is 12.2 Å². The monoisotopic (exact) mass is 298 g/mol. The van der Waals surface area contributed by atoms with Crippen molar-refractivity contribution in [2.45, 2.75) is 6.54 Å². The molecule has 2 N–H and O–H groups in total. The number of rotatable bonds is 2. The van der Waals surface area contributed by atoms with Crippen LogP contribution in [0.2, 0.25) is 0 Å². The molecule has 4 aromatic rings. The zero-order valence-electron chi connectivity index (χ0n) is 10.8. The number of aromatic nitrogens is 5. The Labute approximate surface area is 122 Å². The van der Waals surface area contributed by atoms with Gasteiger partial charge in [-0.05, 0) is 23.6 Å². The molecule has 0 bridgehead atoms. The summed E-state index contributed by atoms with van der Waals surface area (Å²) in [5, 5.41) is 7.01. The largest absolute Gasteiger partial charge is 0.383 e. The zero-order chi connectivity index (χ0) is 14.4. The highest BCUT2D eigenvalue weighted by Gasteiger charge is 2.11. The van der Waals surface area contributed by atoms with Gasteiger partial charge in [0, 0.05) is 6.20 Å². The number of nitrogen functional groups attached to an aromatic ring is 1. The Balaban J connectivity index is 1.82. The summed E-state index contributed by atoms with van der Waals surface area (Å²) in [5.41, 5.74) is 6.28. The summed E-state index contributed by atoms with van der Waals surface area (Å²) in [6.07, 6.45) is 1.68. The van der Waals surface area contributed by atoms with Crippen LogP contribution in [0.15, 0.2) is 40.6 Å². The minimum atomic E-state index is -0.223. The summed E-state index contributed by atoms with van der Waals surface area (Å²) in [6.45, 7) is 0.193. The summed E-state index contributed by atoms with van der Waals surface area (Å²) in [4.78, 5) is 21.7. The van der Waals surface area contributed by atoms with E-state index in [0.717, 1.165) is 10.2 Å². The smallest absolute Gasteiger partial charge is 0.350 e. The van der Waals surface area contributed by atoms with Crippen LogP contribution in [0.3, 0.4) is 0 Å². The van der Waals surface area contributed by atoms with Crippen LogP contribution in [0.25, 0.3) is 15.9 Å². The summed E-state index contributed by atoms with van der Waals surface area (Å²) in [5.74, 6) is 0.904. The van der Waals surface area contributed by atoms with Gasteiger partial charge in [-0.3, -0.25) is 4.40 Å². The zero-order valence-corrected chi connectivity index (χ0v) is 11.6. The van der Waals surface area contributed by atoms with Crippen LogP contribution >= 0.6 is 11.3 Å². The lowest BCUT2D eigenvalue weighted by atomic mass is 10.4. The Morgan fingerprint density at radius 3 is 3.00 bits per heavy atom. The summed E-state index contributed by atoms with van der Waals surface area (Å²) in [6, 6.07) is 7.27. The Hall–Kier alpha value is -2.74. The predicted molar refractivity (Wildman–Crippen MR) is 80.4 cm³/mol. The molecule has 4 heterocycles. The molecule has 0 aliphatic rings. The second-order valence-electron chi connectivity index (χ2n) is 4.53. The third kappa shape index (κ3) is 1.88. The fourth-order valence-corrected chi connectivity index (χ4v) is 2.99. The maximum atomic E-state index is 12.2. The molecule has 4 aromatic heterocycles. The molecule has 104 valence electrons. The van der Waals surface area contributed by atoms with Gasteiger partial charge < -0.3 is 5.73 Å². The van der Waals surface area contributed by atoms with Gasteiger partial charge >= 0.3 is 5.69 Å². The number of nitrogens with two attached hydrogens (primary N) is 1. The van der Waals surface area contributed by atoms with E-state index in [2.05, 4.69) is 15.1 Å². The van der Waals surface area contributed by atoms with Crippen molar-refractivity contribution < 1.29 is 0 Å². The Bertz CT molecular complexity index is 1010. The highest BCUT2D eigenvalue weighted by molar-refractivity contribution is 7.16. The lowest BCUT2D eigenvalue weighted by molar-refractivity contribution is 0.634. The highest BCUT2D eigenvalue weighted by Crippen LogP contribution is 2.22. The average Bonchev–Trinajstić information content (AvgIpc) is 3.06. The first-order valence-electron chi connectivity index (χ1n) is 6.26. The first-order chi connectivity index (χ1) is 10.2. The second-order valence-corrected chi connectivity index (χ2v) is 5.43. The topological polar surface area (TPSA) is 91.1 Å². The van der Waals surface area contributed by atoms with Crippen LogP contribution in [-0.4, -0.2) is 24.1 Å². The summed E-state index contributed by atoms with van der Waals surface area (Å²) in [7, 11) is 0. The minimum absolute atomic E-state index is 0.193. The van der Waals surface area contributed by atoms with Crippen molar-refractivity contribution in [1.29, 1.82) is 0 Å². The van der Waals surface area contributed by atoms with Crippen molar-refractivity contribution in [1.82, 2.24) is 24.1 Å². The van der Waals surface area contributed by atoms with E-state index in [4.69, 9.17) is 5.73 Å². The SMILES string of the molecule is Nc1nc(Cn2nc3ccccn3c2=O)nc2sccc12. The van der Waals surface area contributed by atoms with Crippen molar-refractivity contribution >= 4 is 33.0 Å². The Kier molecular flexibility index (Phi) is 2.51. The van der Waals surface area contributed by atoms with Crippen LogP contribution in [0, 0.1) is 0 Å². The highest BCUT2D eigenvalue weighted by atomic mass is 32.1. The minimum Gasteiger partial charge on any atom is -0.383 e. The fourth-order valence-electron chi connectivity index (χ4n) is 2.20. The van der Waals surface area contributed by atoms with Gasteiger partial charge in [-0.1, -0.05) is 6.07 Å². The van der Waals surface area contributed by atoms with Gasteiger partial charge in [-0.25, -0.2) is 19.4 Å². The number of thiophene rings is 1. The molecule has 0 spiro atoms. The third-order valence-electron chi connectivity index (χ3n) is 3.18. The molecule has 4 rings (SSSR count). The van der Waals surface area contributed by atoms with Crippen molar-refractivity contribution in [3.05, 3.63) is 52.2 Å². The molecular formula is C13H10N6OS. The Morgan fingerprint density at radius 2 is 2.14 bits per heavy atom. The number of fused-ring (bicyclic) bond motifs is 2. The lowest BCUT2D eigenvalue weighted by Gasteiger charge is -2.01. The van der Waals surface area contributed by atoms with Gasteiger partial charge in [0.05, 0.1) is 5.39 Å². The molecule has 0 amide bonds. The van der Waals surface area contributed by atoms with Crippen LogP contribution in [0.4, 0.5) is 5.82 Å². The van der Waals surface area contributed by atoms with E-state index < -0.39 is 0 Å². The molecule has 0 saturated carbocycles. The van der Waals surface area contributed by atoms with Gasteiger partial charge in [-0.2, -0.15) is 0 Å². The first kappa shape index (κ1) is 12.0. The van der Waals surface area contributed by atoms with E-state index in [0.29, 0.717) is 17.3 Å². The molecule has 0 aliphatic heterocycles. The molecule has 0 atom stereocenters. The first-order valence-corrected chi connectivity index (χ1v) is 7.14. The van der Waals surface area contributed by atoms with Gasteiger partial charge in [0.1, 0.15) is 17.2 Å². The van der Waals surface area contributed by atoms with E-state index >= 15 is 0 Å². The molecule has 0 unspecified atom stereocenters. The number of nitrogens with zero attached hydrogens (tertiary/aromatic N) is 5. The molecule has 0 fully saturated rings.